The molecule has 3 aliphatic heterocycles. The average Bonchev–Trinajstić information content (AvgIpc) is 3.28. The van der Waals surface area contributed by atoms with Gasteiger partial charge in [-0.25, -0.2) is 0 Å². The van der Waals surface area contributed by atoms with E-state index >= 15 is 0 Å². The van der Waals surface area contributed by atoms with Gasteiger partial charge in [0.25, 0.3) is 5.91 Å². The number of carbonyl (C=O) groups is 1. The summed E-state index contributed by atoms with van der Waals surface area (Å²) in [4.78, 5) is 21.4. The Kier molecular flexibility index (Phi) is 4.55. The van der Waals surface area contributed by atoms with Crippen molar-refractivity contribution in [1.82, 2.24) is 14.8 Å². The summed E-state index contributed by atoms with van der Waals surface area (Å²) in [6, 6.07) is 6.09. The minimum atomic E-state index is -0.189. The maximum Gasteiger partial charge on any atom is 0.251 e. The van der Waals surface area contributed by atoms with E-state index in [9.17, 15) is 4.79 Å². The zero-order chi connectivity index (χ0) is 16.4. The molecule has 1 aromatic rings. The number of likely N-dealkylation sites (tertiary alicyclic amines) is 2. The molecular weight excluding hydrogens is 302 g/mol. The van der Waals surface area contributed by atoms with Gasteiger partial charge in [0.1, 0.15) is 6.10 Å². The van der Waals surface area contributed by atoms with E-state index in [0.29, 0.717) is 0 Å². The number of amides is 1. The molecule has 1 amide bonds. The van der Waals surface area contributed by atoms with Gasteiger partial charge in [-0.3, -0.25) is 14.7 Å². The Balaban J connectivity index is 1.30. The fraction of sp³-hybridized carbons (Fsp3) is 0.684. The van der Waals surface area contributed by atoms with Crippen LogP contribution in [0.5, 0.6) is 0 Å². The number of aromatic nitrogens is 1. The number of ether oxygens (including phenoxy) is 1. The summed E-state index contributed by atoms with van der Waals surface area (Å²) >= 11 is 0. The highest BCUT2D eigenvalue weighted by molar-refractivity contribution is 5.81. The highest BCUT2D eigenvalue weighted by atomic mass is 16.5. The van der Waals surface area contributed by atoms with E-state index < -0.39 is 0 Å². The van der Waals surface area contributed by atoms with Gasteiger partial charge >= 0.3 is 0 Å². The molecule has 5 heteroatoms. The van der Waals surface area contributed by atoms with Crippen LogP contribution in [-0.2, 0) is 16.1 Å². The number of piperidine rings is 1. The lowest BCUT2D eigenvalue weighted by atomic mass is 9.88. The quantitative estimate of drug-likeness (QED) is 0.853. The predicted molar refractivity (Wildman–Crippen MR) is 91.4 cm³/mol. The minimum absolute atomic E-state index is 0.0549. The van der Waals surface area contributed by atoms with Crippen molar-refractivity contribution in [3.8, 4) is 0 Å². The Hall–Kier alpha value is -1.46. The number of hydrogen-bond acceptors (Lipinski definition) is 4. The molecule has 0 aromatic carbocycles. The topological polar surface area (TPSA) is 45.7 Å². The lowest BCUT2D eigenvalue weighted by Crippen LogP contribution is -2.45. The molecule has 1 unspecified atom stereocenters. The first-order valence-corrected chi connectivity index (χ1v) is 9.33. The van der Waals surface area contributed by atoms with Crippen LogP contribution in [0.4, 0.5) is 0 Å². The van der Waals surface area contributed by atoms with Crippen LogP contribution in [0.1, 0.15) is 44.2 Å². The number of nitrogens with zero attached hydrogens (tertiary/aromatic N) is 3. The maximum absolute atomic E-state index is 12.6. The second-order valence-corrected chi connectivity index (χ2v) is 7.46. The molecule has 0 saturated carbocycles. The maximum atomic E-state index is 12.6. The van der Waals surface area contributed by atoms with Crippen LogP contribution in [0.2, 0.25) is 0 Å². The van der Waals surface area contributed by atoms with E-state index in [1.165, 1.54) is 0 Å². The van der Waals surface area contributed by atoms with Crippen molar-refractivity contribution in [2.45, 2.75) is 56.8 Å². The van der Waals surface area contributed by atoms with E-state index in [1.54, 1.807) is 0 Å². The average molecular weight is 329 g/mol. The predicted octanol–water partition coefficient (Wildman–Crippen LogP) is 2.22. The first-order chi connectivity index (χ1) is 11.7. The van der Waals surface area contributed by atoms with Gasteiger partial charge in [0, 0.05) is 38.9 Å². The molecule has 0 N–H and O–H groups in total. The van der Waals surface area contributed by atoms with Gasteiger partial charge in [-0.2, -0.15) is 0 Å². The van der Waals surface area contributed by atoms with Gasteiger partial charge in [0.05, 0.1) is 11.3 Å². The normalized spacial score (nSPS) is 27.0. The summed E-state index contributed by atoms with van der Waals surface area (Å²) in [5.74, 6) is 0.236. The lowest BCUT2D eigenvalue weighted by Gasteiger charge is -2.39. The van der Waals surface area contributed by atoms with Crippen LogP contribution >= 0.6 is 0 Å². The fourth-order valence-corrected chi connectivity index (χ4v) is 4.34. The third-order valence-electron chi connectivity index (χ3n) is 5.83. The van der Waals surface area contributed by atoms with Gasteiger partial charge in [0.15, 0.2) is 0 Å². The van der Waals surface area contributed by atoms with Crippen LogP contribution in [0.25, 0.3) is 0 Å². The summed E-state index contributed by atoms with van der Waals surface area (Å²) in [7, 11) is 0. The zero-order valence-corrected chi connectivity index (χ0v) is 14.3. The smallest absolute Gasteiger partial charge is 0.251 e. The second-order valence-electron chi connectivity index (χ2n) is 7.46. The highest BCUT2D eigenvalue weighted by Gasteiger charge is 2.45. The summed E-state index contributed by atoms with van der Waals surface area (Å²) in [6.07, 6.45) is 7.95. The summed E-state index contributed by atoms with van der Waals surface area (Å²) in [5.41, 5.74) is 1.07. The van der Waals surface area contributed by atoms with E-state index in [-0.39, 0.29) is 17.6 Å². The highest BCUT2D eigenvalue weighted by Crippen LogP contribution is 2.39. The number of carbonyl (C=O) groups excluding carboxylic acids is 1. The molecule has 4 heterocycles. The molecule has 5 nitrogen and oxygen atoms in total. The van der Waals surface area contributed by atoms with Crippen LogP contribution in [-0.4, -0.2) is 58.6 Å². The third-order valence-corrected chi connectivity index (χ3v) is 5.83. The Morgan fingerprint density at radius 2 is 1.96 bits per heavy atom. The van der Waals surface area contributed by atoms with Gasteiger partial charge in [0.2, 0.25) is 0 Å². The third kappa shape index (κ3) is 3.33. The monoisotopic (exact) mass is 329 g/mol. The lowest BCUT2D eigenvalue weighted by molar-refractivity contribution is -0.150. The summed E-state index contributed by atoms with van der Waals surface area (Å²) in [5, 5.41) is 0. The largest absolute Gasteiger partial charge is 0.362 e. The van der Waals surface area contributed by atoms with Crippen molar-refractivity contribution in [1.29, 1.82) is 0 Å². The molecule has 0 bridgehead atoms. The Morgan fingerprint density at radius 3 is 2.67 bits per heavy atom. The summed E-state index contributed by atoms with van der Waals surface area (Å²) < 4.78 is 6.33. The molecule has 0 radical (unpaired) electrons. The van der Waals surface area contributed by atoms with Crippen LogP contribution < -0.4 is 0 Å². The van der Waals surface area contributed by atoms with Gasteiger partial charge in [-0.1, -0.05) is 6.07 Å². The number of rotatable bonds is 3. The molecule has 3 saturated heterocycles. The Labute approximate surface area is 144 Å². The molecule has 4 rings (SSSR count). The van der Waals surface area contributed by atoms with Crippen molar-refractivity contribution in [2.75, 3.05) is 26.2 Å². The van der Waals surface area contributed by atoms with E-state index in [4.69, 9.17) is 4.74 Å². The molecular formula is C19H27N3O2. The molecule has 1 aromatic heterocycles. The first-order valence-electron chi connectivity index (χ1n) is 9.33. The number of pyridine rings is 1. The summed E-state index contributed by atoms with van der Waals surface area (Å²) in [6.45, 7) is 4.81. The van der Waals surface area contributed by atoms with Crippen molar-refractivity contribution in [2.24, 2.45) is 0 Å². The molecule has 130 valence electrons. The molecule has 24 heavy (non-hydrogen) atoms. The van der Waals surface area contributed by atoms with Crippen molar-refractivity contribution in [3.05, 3.63) is 30.1 Å². The molecule has 1 atom stereocenters. The molecule has 1 spiro atoms. The second kappa shape index (κ2) is 6.81. The molecule has 0 aliphatic carbocycles. The van der Waals surface area contributed by atoms with Crippen molar-refractivity contribution >= 4 is 5.91 Å². The van der Waals surface area contributed by atoms with E-state index in [2.05, 4.69) is 16.0 Å². The fourth-order valence-electron chi connectivity index (χ4n) is 4.34. The van der Waals surface area contributed by atoms with Crippen LogP contribution in [0.15, 0.2) is 24.4 Å². The van der Waals surface area contributed by atoms with E-state index in [1.807, 2.05) is 23.2 Å². The SMILES string of the molecule is O=C(C1CCC2(CCN(Cc3ccccn3)CC2)O1)N1CCCC1. The van der Waals surface area contributed by atoms with Gasteiger partial charge < -0.3 is 9.64 Å². The van der Waals surface area contributed by atoms with Gasteiger partial charge in [-0.05, 0) is 50.7 Å². The Bertz CT molecular complexity index is 563. The number of hydrogen-bond donors (Lipinski definition) is 0. The van der Waals surface area contributed by atoms with Crippen LogP contribution in [0, 0.1) is 0 Å². The Morgan fingerprint density at radius 1 is 1.17 bits per heavy atom. The van der Waals surface area contributed by atoms with Gasteiger partial charge in [-0.15, -0.1) is 0 Å². The minimum Gasteiger partial charge on any atom is -0.362 e. The van der Waals surface area contributed by atoms with Crippen molar-refractivity contribution < 1.29 is 9.53 Å². The zero-order valence-electron chi connectivity index (χ0n) is 14.3. The molecule has 3 aliphatic rings. The first kappa shape index (κ1) is 16.0. The van der Waals surface area contributed by atoms with Crippen molar-refractivity contribution in [3.63, 3.8) is 0 Å². The standard InChI is InChI=1S/C19H27N3O2/c23-18(22-11-3-4-12-22)17-6-7-19(24-17)8-13-21(14-9-19)15-16-5-1-2-10-20-16/h1-2,5,10,17H,3-4,6-9,11-15H2. The molecule has 3 fully saturated rings. The van der Waals surface area contributed by atoms with Crippen LogP contribution in [0.3, 0.4) is 0 Å². The van der Waals surface area contributed by atoms with E-state index in [0.717, 1.165) is 76.9 Å².